The Labute approximate surface area is 124 Å². The fraction of sp³-hybridized carbons (Fsp3) is 0.467. The molecule has 3 N–H and O–H groups in total. The molecule has 6 heteroatoms. The van der Waals surface area contributed by atoms with E-state index in [0.29, 0.717) is 25.3 Å². The van der Waals surface area contributed by atoms with Gasteiger partial charge in [-0.1, -0.05) is 12.1 Å². The maximum atomic E-state index is 12.1. The molecule has 0 saturated carbocycles. The molecule has 1 heterocycles. The van der Waals surface area contributed by atoms with Crippen LogP contribution in [0.5, 0.6) is 0 Å². The van der Waals surface area contributed by atoms with Gasteiger partial charge in [-0.2, -0.15) is 0 Å². The lowest BCUT2D eigenvalue weighted by Crippen LogP contribution is -2.55. The number of carbonyl (C=O) groups is 2. The van der Waals surface area contributed by atoms with E-state index < -0.39 is 0 Å². The van der Waals surface area contributed by atoms with Crippen LogP contribution in [0.4, 0.5) is 0 Å². The molecule has 0 unspecified atom stereocenters. The number of rotatable bonds is 4. The summed E-state index contributed by atoms with van der Waals surface area (Å²) in [5, 5.41) is 8.59. The van der Waals surface area contributed by atoms with E-state index in [4.69, 9.17) is 4.74 Å². The number of carbonyl (C=O) groups excluding carboxylic acids is 2. The van der Waals surface area contributed by atoms with Gasteiger partial charge in [0.2, 0.25) is 5.91 Å². The first-order valence-corrected chi connectivity index (χ1v) is 7.05. The minimum atomic E-state index is -0.333. The van der Waals surface area contributed by atoms with E-state index in [1.807, 2.05) is 13.0 Å². The van der Waals surface area contributed by atoms with Gasteiger partial charge in [0.05, 0.1) is 12.7 Å². The second kappa shape index (κ2) is 7.19. The van der Waals surface area contributed by atoms with Crippen molar-refractivity contribution in [1.29, 1.82) is 0 Å². The van der Waals surface area contributed by atoms with E-state index in [0.717, 1.165) is 5.56 Å². The molecular formula is C15H21N3O3. The van der Waals surface area contributed by atoms with Crippen LogP contribution in [0, 0.1) is 0 Å². The summed E-state index contributed by atoms with van der Waals surface area (Å²) >= 11 is 0. The summed E-state index contributed by atoms with van der Waals surface area (Å²) in [5.41, 5.74) is 1.46. The molecule has 6 nitrogen and oxygen atoms in total. The predicted molar refractivity (Wildman–Crippen MR) is 78.9 cm³/mol. The summed E-state index contributed by atoms with van der Waals surface area (Å²) in [5.74, 6) is -0.230. The third kappa shape index (κ3) is 4.03. The SMILES string of the molecule is CNC(=O)c1cccc(CNC(=O)[C@H]2NCCO[C@@H]2C)c1. The molecule has 2 atom stereocenters. The van der Waals surface area contributed by atoms with Gasteiger partial charge in [-0.3, -0.25) is 9.59 Å². The second-order valence-corrected chi connectivity index (χ2v) is 5.01. The first-order valence-electron chi connectivity index (χ1n) is 7.05. The van der Waals surface area contributed by atoms with Crippen molar-refractivity contribution in [3.63, 3.8) is 0 Å². The first-order chi connectivity index (χ1) is 10.1. The molecule has 1 aromatic rings. The van der Waals surface area contributed by atoms with Gasteiger partial charge < -0.3 is 20.7 Å². The van der Waals surface area contributed by atoms with Gasteiger partial charge in [-0.05, 0) is 24.6 Å². The molecule has 0 bridgehead atoms. The number of hydrogen-bond donors (Lipinski definition) is 3. The molecule has 21 heavy (non-hydrogen) atoms. The smallest absolute Gasteiger partial charge is 0.251 e. The highest BCUT2D eigenvalue weighted by Gasteiger charge is 2.27. The maximum Gasteiger partial charge on any atom is 0.251 e. The van der Waals surface area contributed by atoms with Gasteiger partial charge in [-0.25, -0.2) is 0 Å². The second-order valence-electron chi connectivity index (χ2n) is 5.01. The largest absolute Gasteiger partial charge is 0.375 e. The number of benzene rings is 1. The van der Waals surface area contributed by atoms with Crippen LogP contribution in [0.25, 0.3) is 0 Å². The van der Waals surface area contributed by atoms with Gasteiger partial charge in [0.25, 0.3) is 5.91 Å². The van der Waals surface area contributed by atoms with E-state index in [1.165, 1.54) is 0 Å². The number of morpholine rings is 1. The van der Waals surface area contributed by atoms with Gasteiger partial charge in [0, 0.05) is 25.7 Å². The van der Waals surface area contributed by atoms with Crippen LogP contribution in [0.2, 0.25) is 0 Å². The van der Waals surface area contributed by atoms with Gasteiger partial charge in [-0.15, -0.1) is 0 Å². The minimum absolute atomic E-state index is 0.0902. The third-order valence-electron chi connectivity index (χ3n) is 3.48. The highest BCUT2D eigenvalue weighted by molar-refractivity contribution is 5.94. The molecule has 1 aliphatic heterocycles. The van der Waals surface area contributed by atoms with E-state index in [2.05, 4.69) is 16.0 Å². The van der Waals surface area contributed by atoms with Crippen molar-refractivity contribution in [2.24, 2.45) is 0 Å². The summed E-state index contributed by atoms with van der Waals surface area (Å²) in [6.45, 7) is 3.56. The van der Waals surface area contributed by atoms with Crippen molar-refractivity contribution in [2.75, 3.05) is 20.2 Å². The van der Waals surface area contributed by atoms with Crippen molar-refractivity contribution < 1.29 is 14.3 Å². The molecule has 0 radical (unpaired) electrons. The molecular weight excluding hydrogens is 270 g/mol. The highest BCUT2D eigenvalue weighted by Crippen LogP contribution is 2.07. The minimum Gasteiger partial charge on any atom is -0.375 e. The Morgan fingerprint density at radius 3 is 2.95 bits per heavy atom. The number of nitrogens with one attached hydrogen (secondary N) is 3. The lowest BCUT2D eigenvalue weighted by molar-refractivity contribution is -0.129. The number of amides is 2. The van der Waals surface area contributed by atoms with E-state index >= 15 is 0 Å². The Morgan fingerprint density at radius 2 is 2.24 bits per heavy atom. The summed E-state index contributed by atoms with van der Waals surface area (Å²) in [7, 11) is 1.59. The Balaban J connectivity index is 1.93. The maximum absolute atomic E-state index is 12.1. The average Bonchev–Trinajstić information content (AvgIpc) is 2.52. The van der Waals surface area contributed by atoms with Crippen molar-refractivity contribution in [2.45, 2.75) is 25.6 Å². The van der Waals surface area contributed by atoms with Crippen molar-refractivity contribution in [1.82, 2.24) is 16.0 Å². The van der Waals surface area contributed by atoms with Crippen LogP contribution in [0.1, 0.15) is 22.8 Å². The molecule has 1 fully saturated rings. The summed E-state index contributed by atoms with van der Waals surface area (Å²) in [4.78, 5) is 23.7. The Morgan fingerprint density at radius 1 is 1.43 bits per heavy atom. The standard InChI is InChI=1S/C15H21N3O3/c1-10-13(17-6-7-21-10)15(20)18-9-11-4-3-5-12(8-11)14(19)16-2/h3-5,8,10,13,17H,6-7,9H2,1-2H3,(H,16,19)(H,18,20)/t10-,13+/m1/s1. The fourth-order valence-corrected chi connectivity index (χ4v) is 2.29. The Hall–Kier alpha value is -1.92. The van der Waals surface area contributed by atoms with Gasteiger partial charge in [0.1, 0.15) is 6.04 Å². The number of ether oxygens (including phenoxy) is 1. The molecule has 1 aliphatic rings. The predicted octanol–water partition coefficient (Wildman–Crippen LogP) is 0.0393. The van der Waals surface area contributed by atoms with E-state index in [-0.39, 0.29) is 24.0 Å². The van der Waals surface area contributed by atoms with Gasteiger partial charge >= 0.3 is 0 Å². The first kappa shape index (κ1) is 15.5. The summed E-state index contributed by atoms with van der Waals surface area (Å²) in [6.07, 6.45) is -0.143. The van der Waals surface area contributed by atoms with Crippen LogP contribution in [0.15, 0.2) is 24.3 Å². The van der Waals surface area contributed by atoms with Crippen molar-refractivity contribution >= 4 is 11.8 Å². The van der Waals surface area contributed by atoms with Crippen LogP contribution < -0.4 is 16.0 Å². The monoisotopic (exact) mass is 291 g/mol. The molecule has 0 spiro atoms. The van der Waals surface area contributed by atoms with Crippen LogP contribution in [-0.2, 0) is 16.1 Å². The summed E-state index contributed by atoms with van der Waals surface area (Å²) < 4.78 is 5.45. The molecule has 1 aromatic carbocycles. The zero-order valence-electron chi connectivity index (χ0n) is 12.3. The van der Waals surface area contributed by atoms with Crippen LogP contribution in [-0.4, -0.2) is 44.2 Å². The molecule has 0 aliphatic carbocycles. The molecule has 1 saturated heterocycles. The number of hydrogen-bond acceptors (Lipinski definition) is 4. The van der Waals surface area contributed by atoms with Crippen LogP contribution >= 0.6 is 0 Å². The highest BCUT2D eigenvalue weighted by atomic mass is 16.5. The lowest BCUT2D eigenvalue weighted by Gasteiger charge is -2.29. The molecule has 0 aromatic heterocycles. The van der Waals surface area contributed by atoms with Crippen molar-refractivity contribution in [3.05, 3.63) is 35.4 Å². The average molecular weight is 291 g/mol. The van der Waals surface area contributed by atoms with Crippen molar-refractivity contribution in [3.8, 4) is 0 Å². The molecule has 2 amide bonds. The fourth-order valence-electron chi connectivity index (χ4n) is 2.29. The normalized spacial score (nSPS) is 21.6. The topological polar surface area (TPSA) is 79.5 Å². The van der Waals surface area contributed by atoms with E-state index in [1.54, 1.807) is 25.2 Å². The van der Waals surface area contributed by atoms with Gasteiger partial charge in [0.15, 0.2) is 0 Å². The molecule has 2 rings (SSSR count). The molecule has 114 valence electrons. The zero-order chi connectivity index (χ0) is 15.2. The zero-order valence-corrected chi connectivity index (χ0v) is 12.3. The van der Waals surface area contributed by atoms with Crippen LogP contribution in [0.3, 0.4) is 0 Å². The Bertz CT molecular complexity index is 519. The lowest BCUT2D eigenvalue weighted by atomic mass is 10.1. The third-order valence-corrected chi connectivity index (χ3v) is 3.48. The Kier molecular flexibility index (Phi) is 5.30. The summed E-state index contributed by atoms with van der Waals surface area (Å²) in [6, 6.07) is 6.86. The quantitative estimate of drug-likeness (QED) is 0.732. The van der Waals surface area contributed by atoms with E-state index in [9.17, 15) is 9.59 Å².